The van der Waals surface area contributed by atoms with Crippen LogP contribution in [0.2, 0.25) is 0 Å². The Morgan fingerprint density at radius 1 is 1.26 bits per heavy atom. The Bertz CT molecular complexity index is 393. The Morgan fingerprint density at radius 2 is 1.95 bits per heavy atom. The van der Waals surface area contributed by atoms with Gasteiger partial charge in [0.25, 0.3) is 0 Å². The van der Waals surface area contributed by atoms with Gasteiger partial charge in [-0.05, 0) is 43.9 Å². The predicted octanol–water partition coefficient (Wildman–Crippen LogP) is 2.56. The van der Waals surface area contributed by atoms with E-state index in [1.54, 1.807) is 6.92 Å². The first-order valence-corrected chi connectivity index (χ1v) is 6.79. The zero-order chi connectivity index (χ0) is 13.5. The van der Waals surface area contributed by atoms with Crippen molar-refractivity contribution >= 4 is 5.97 Å². The smallest absolute Gasteiger partial charge is 0.338 e. The van der Waals surface area contributed by atoms with E-state index in [9.17, 15) is 4.79 Å². The first-order chi connectivity index (χ1) is 9.29. The number of carbonyl (C=O) groups excluding carboxylic acids is 1. The van der Waals surface area contributed by atoms with Crippen molar-refractivity contribution in [1.82, 2.24) is 0 Å². The van der Waals surface area contributed by atoms with Gasteiger partial charge in [0.2, 0.25) is 0 Å². The molecule has 4 nitrogen and oxygen atoms in total. The second-order valence-corrected chi connectivity index (χ2v) is 4.48. The summed E-state index contributed by atoms with van der Waals surface area (Å²) in [4.78, 5) is 11.5. The Hall–Kier alpha value is -1.39. The van der Waals surface area contributed by atoms with Crippen LogP contribution in [0.4, 0.5) is 0 Å². The predicted molar refractivity (Wildman–Crippen MR) is 71.0 cm³/mol. The summed E-state index contributed by atoms with van der Waals surface area (Å²) in [7, 11) is 0. The van der Waals surface area contributed by atoms with Gasteiger partial charge in [-0.2, -0.15) is 0 Å². The van der Waals surface area contributed by atoms with Crippen molar-refractivity contribution < 1.29 is 19.0 Å². The van der Waals surface area contributed by atoms with Crippen molar-refractivity contribution in [2.24, 2.45) is 0 Å². The van der Waals surface area contributed by atoms with E-state index < -0.39 is 0 Å². The van der Waals surface area contributed by atoms with E-state index in [-0.39, 0.29) is 12.3 Å². The van der Waals surface area contributed by atoms with Crippen LogP contribution in [0.1, 0.15) is 35.7 Å². The van der Waals surface area contributed by atoms with E-state index in [2.05, 4.69) is 0 Å². The van der Waals surface area contributed by atoms with Crippen LogP contribution >= 0.6 is 0 Å². The van der Waals surface area contributed by atoms with Crippen molar-refractivity contribution in [2.45, 2.75) is 32.5 Å². The molecule has 1 fully saturated rings. The van der Waals surface area contributed by atoms with Crippen LogP contribution in [0, 0.1) is 0 Å². The van der Waals surface area contributed by atoms with Crippen molar-refractivity contribution in [3.8, 4) is 0 Å². The maximum atomic E-state index is 11.5. The number of ether oxygens (including phenoxy) is 3. The van der Waals surface area contributed by atoms with E-state index in [0.717, 1.165) is 19.3 Å². The third kappa shape index (κ3) is 4.33. The van der Waals surface area contributed by atoms with E-state index in [0.29, 0.717) is 25.4 Å². The lowest BCUT2D eigenvalue weighted by molar-refractivity contribution is -0.0475. The monoisotopic (exact) mass is 264 g/mol. The molecule has 1 aromatic carbocycles. The third-order valence-electron chi connectivity index (χ3n) is 3.06. The van der Waals surface area contributed by atoms with Gasteiger partial charge in [-0.15, -0.1) is 0 Å². The summed E-state index contributed by atoms with van der Waals surface area (Å²) in [5.41, 5.74) is 1.82. The number of hydrogen-bond donors (Lipinski definition) is 0. The molecule has 0 radical (unpaired) electrons. The van der Waals surface area contributed by atoms with Gasteiger partial charge in [0, 0.05) is 0 Å². The number of esters is 1. The van der Waals surface area contributed by atoms with Crippen molar-refractivity contribution in [3.63, 3.8) is 0 Å². The van der Waals surface area contributed by atoms with Crippen LogP contribution in [-0.2, 0) is 20.6 Å². The maximum absolute atomic E-state index is 11.5. The Morgan fingerprint density at radius 3 is 2.58 bits per heavy atom. The fourth-order valence-corrected chi connectivity index (χ4v) is 2.07. The average molecular weight is 264 g/mol. The molecule has 1 aromatic rings. The van der Waals surface area contributed by atoms with E-state index in [4.69, 9.17) is 14.2 Å². The molecule has 1 saturated heterocycles. The summed E-state index contributed by atoms with van der Waals surface area (Å²) in [6.07, 6.45) is 2.87. The molecule has 19 heavy (non-hydrogen) atoms. The molecule has 4 heteroatoms. The average Bonchev–Trinajstić information content (AvgIpc) is 2.93. The molecule has 0 aliphatic carbocycles. The summed E-state index contributed by atoms with van der Waals surface area (Å²) in [5.74, 6) is -0.262. The number of rotatable bonds is 6. The highest BCUT2D eigenvalue weighted by Gasteiger charge is 2.14. The molecule has 0 atom stereocenters. The Labute approximate surface area is 113 Å². The van der Waals surface area contributed by atoms with Gasteiger partial charge in [0.15, 0.2) is 6.29 Å². The molecular formula is C15H20O4. The molecule has 1 heterocycles. The summed E-state index contributed by atoms with van der Waals surface area (Å²) in [5, 5.41) is 0. The lowest BCUT2D eigenvalue weighted by Crippen LogP contribution is -2.07. The molecule has 1 aliphatic rings. The first kappa shape index (κ1) is 14.0. The number of carbonyl (C=O) groups is 1. The summed E-state index contributed by atoms with van der Waals surface area (Å²) >= 11 is 0. The minimum absolute atomic E-state index is 0.0289. The van der Waals surface area contributed by atoms with Crippen LogP contribution in [0.3, 0.4) is 0 Å². The highest BCUT2D eigenvalue weighted by atomic mass is 16.7. The molecule has 0 bridgehead atoms. The lowest BCUT2D eigenvalue weighted by Gasteiger charge is -2.08. The molecule has 2 rings (SSSR count). The fourth-order valence-electron chi connectivity index (χ4n) is 2.07. The molecule has 0 N–H and O–H groups in total. The van der Waals surface area contributed by atoms with Gasteiger partial charge >= 0.3 is 5.97 Å². The first-order valence-electron chi connectivity index (χ1n) is 6.79. The highest BCUT2D eigenvalue weighted by molar-refractivity contribution is 5.89. The normalized spacial score (nSPS) is 15.6. The van der Waals surface area contributed by atoms with Gasteiger partial charge in [0.1, 0.15) is 0 Å². The maximum Gasteiger partial charge on any atom is 0.338 e. The summed E-state index contributed by atoms with van der Waals surface area (Å²) in [6.45, 7) is 3.62. The molecule has 0 aromatic heterocycles. The van der Waals surface area contributed by atoms with Gasteiger partial charge in [-0.1, -0.05) is 12.1 Å². The van der Waals surface area contributed by atoms with Crippen molar-refractivity contribution in [1.29, 1.82) is 0 Å². The SMILES string of the molecule is CCOC(=O)c1ccc(CCCC2OCCO2)cc1. The third-order valence-corrected chi connectivity index (χ3v) is 3.06. The molecular weight excluding hydrogens is 244 g/mol. The molecule has 0 amide bonds. The molecule has 1 aliphatic heterocycles. The number of benzene rings is 1. The summed E-state index contributed by atoms with van der Waals surface area (Å²) in [6, 6.07) is 7.58. The van der Waals surface area contributed by atoms with E-state index in [1.807, 2.05) is 24.3 Å². The van der Waals surface area contributed by atoms with Crippen LogP contribution in [-0.4, -0.2) is 32.1 Å². The minimum atomic E-state index is -0.262. The Balaban J connectivity index is 1.76. The van der Waals surface area contributed by atoms with Crippen molar-refractivity contribution in [3.05, 3.63) is 35.4 Å². The number of hydrogen-bond acceptors (Lipinski definition) is 4. The zero-order valence-corrected chi connectivity index (χ0v) is 11.3. The van der Waals surface area contributed by atoms with Crippen LogP contribution < -0.4 is 0 Å². The van der Waals surface area contributed by atoms with Gasteiger partial charge < -0.3 is 14.2 Å². The summed E-state index contributed by atoms with van der Waals surface area (Å²) < 4.78 is 15.7. The van der Waals surface area contributed by atoms with Gasteiger partial charge in [-0.25, -0.2) is 4.79 Å². The van der Waals surface area contributed by atoms with Crippen LogP contribution in [0.25, 0.3) is 0 Å². The van der Waals surface area contributed by atoms with E-state index >= 15 is 0 Å². The zero-order valence-electron chi connectivity index (χ0n) is 11.3. The van der Waals surface area contributed by atoms with Gasteiger partial charge in [0.05, 0.1) is 25.4 Å². The molecule has 0 saturated carbocycles. The standard InChI is InChI=1S/C15H20O4/c1-2-17-15(16)13-8-6-12(7-9-13)4-3-5-14-18-10-11-19-14/h6-9,14H,2-5,10-11H2,1H3. The molecule has 0 spiro atoms. The van der Waals surface area contributed by atoms with E-state index in [1.165, 1.54) is 5.56 Å². The second-order valence-electron chi connectivity index (χ2n) is 4.48. The quantitative estimate of drug-likeness (QED) is 0.741. The topological polar surface area (TPSA) is 44.8 Å². The van der Waals surface area contributed by atoms with Crippen LogP contribution in [0.15, 0.2) is 24.3 Å². The second kappa shape index (κ2) is 7.26. The molecule has 0 unspecified atom stereocenters. The number of aryl methyl sites for hydroxylation is 1. The minimum Gasteiger partial charge on any atom is -0.462 e. The lowest BCUT2D eigenvalue weighted by atomic mass is 10.1. The largest absolute Gasteiger partial charge is 0.462 e. The highest BCUT2D eigenvalue weighted by Crippen LogP contribution is 2.14. The van der Waals surface area contributed by atoms with Crippen molar-refractivity contribution in [2.75, 3.05) is 19.8 Å². The Kier molecular flexibility index (Phi) is 5.36. The fraction of sp³-hybridized carbons (Fsp3) is 0.533. The van der Waals surface area contributed by atoms with Crippen LogP contribution in [0.5, 0.6) is 0 Å². The molecule has 104 valence electrons. The van der Waals surface area contributed by atoms with Gasteiger partial charge in [-0.3, -0.25) is 0 Å².